The third kappa shape index (κ3) is 5.08. The van der Waals surface area contributed by atoms with E-state index < -0.39 is 17.8 Å². The zero-order valence-corrected chi connectivity index (χ0v) is 16.3. The van der Waals surface area contributed by atoms with E-state index in [1.54, 1.807) is 49.5 Å². The Morgan fingerprint density at radius 1 is 1.03 bits per heavy atom. The maximum Gasteiger partial charge on any atom is 0.321 e. The van der Waals surface area contributed by atoms with Crippen LogP contribution in [0.15, 0.2) is 66.9 Å². The molecule has 0 aliphatic heterocycles. The number of carbonyl (C=O) groups excluding carboxylic acids is 2. The summed E-state index contributed by atoms with van der Waals surface area (Å²) in [6, 6.07) is 15.5. The number of amides is 3. The number of aromatic nitrogens is 1. The second kappa shape index (κ2) is 9.16. The van der Waals surface area contributed by atoms with Crippen LogP contribution >= 0.6 is 11.6 Å². The molecule has 3 rings (SSSR count). The van der Waals surface area contributed by atoms with E-state index >= 15 is 0 Å². The quantitative estimate of drug-likeness (QED) is 0.632. The molecule has 6 nitrogen and oxygen atoms in total. The third-order valence-electron chi connectivity index (χ3n) is 4.11. The number of benzene rings is 2. The monoisotopic (exact) mass is 412 g/mol. The van der Waals surface area contributed by atoms with Crippen LogP contribution in [0.2, 0.25) is 5.02 Å². The van der Waals surface area contributed by atoms with Crippen molar-refractivity contribution in [2.75, 3.05) is 17.7 Å². The number of anilines is 2. The summed E-state index contributed by atoms with van der Waals surface area (Å²) in [7, 11) is 1.56. The van der Waals surface area contributed by atoms with E-state index in [4.69, 9.17) is 11.6 Å². The van der Waals surface area contributed by atoms with Crippen LogP contribution in [0.3, 0.4) is 0 Å². The normalized spacial score (nSPS) is 10.3. The second-order valence-corrected chi connectivity index (χ2v) is 6.62. The lowest BCUT2D eigenvalue weighted by Crippen LogP contribution is -2.31. The van der Waals surface area contributed by atoms with Crippen LogP contribution in [0.25, 0.3) is 0 Å². The van der Waals surface area contributed by atoms with Gasteiger partial charge in [0.15, 0.2) is 0 Å². The molecule has 0 saturated carbocycles. The van der Waals surface area contributed by atoms with E-state index in [0.29, 0.717) is 16.3 Å². The van der Waals surface area contributed by atoms with Crippen molar-refractivity contribution in [3.05, 3.63) is 89.0 Å². The number of hydrogen-bond donors (Lipinski definition) is 2. The summed E-state index contributed by atoms with van der Waals surface area (Å²) in [5, 5.41) is 5.59. The van der Waals surface area contributed by atoms with Crippen molar-refractivity contribution < 1.29 is 14.0 Å². The number of hydrogen-bond acceptors (Lipinski definition) is 3. The lowest BCUT2D eigenvalue weighted by molar-refractivity contribution is 0.102. The van der Waals surface area contributed by atoms with Gasteiger partial charge in [0.25, 0.3) is 5.91 Å². The van der Waals surface area contributed by atoms with E-state index in [0.717, 1.165) is 0 Å². The molecule has 8 heteroatoms. The number of carbonyl (C=O) groups is 2. The fourth-order valence-electron chi connectivity index (χ4n) is 2.62. The molecule has 1 aromatic heterocycles. The lowest BCUT2D eigenvalue weighted by atomic mass is 10.1. The molecule has 1 heterocycles. The summed E-state index contributed by atoms with van der Waals surface area (Å²) < 4.78 is 13.8. The van der Waals surface area contributed by atoms with Crippen LogP contribution in [0.4, 0.5) is 20.6 Å². The first kappa shape index (κ1) is 20.3. The van der Waals surface area contributed by atoms with E-state index in [-0.39, 0.29) is 17.9 Å². The van der Waals surface area contributed by atoms with Crippen molar-refractivity contribution in [2.24, 2.45) is 0 Å². The Morgan fingerprint density at radius 2 is 1.79 bits per heavy atom. The molecule has 3 amide bonds. The van der Waals surface area contributed by atoms with Crippen molar-refractivity contribution in [1.82, 2.24) is 9.88 Å². The minimum absolute atomic E-state index is 0.0825. The summed E-state index contributed by atoms with van der Waals surface area (Å²) in [5.41, 5.74) is 1.33. The molecule has 0 spiro atoms. The number of rotatable bonds is 5. The van der Waals surface area contributed by atoms with Crippen molar-refractivity contribution in [1.29, 1.82) is 0 Å². The molecule has 3 aromatic rings. The highest BCUT2D eigenvalue weighted by atomic mass is 35.5. The summed E-state index contributed by atoms with van der Waals surface area (Å²) in [6.45, 7) is 0.138. The number of nitrogens with one attached hydrogen (secondary N) is 2. The highest BCUT2D eigenvalue weighted by Gasteiger charge is 2.17. The smallest absolute Gasteiger partial charge is 0.321 e. The van der Waals surface area contributed by atoms with Gasteiger partial charge in [-0.05, 0) is 35.9 Å². The molecule has 0 unspecified atom stereocenters. The molecule has 0 aliphatic carbocycles. The van der Waals surface area contributed by atoms with E-state index in [2.05, 4.69) is 15.6 Å². The molecular weight excluding hydrogens is 395 g/mol. The maximum absolute atomic E-state index is 13.8. The van der Waals surface area contributed by atoms with Gasteiger partial charge in [0.05, 0.1) is 16.4 Å². The highest BCUT2D eigenvalue weighted by molar-refractivity contribution is 6.34. The number of urea groups is 1. The first-order valence-electron chi connectivity index (χ1n) is 8.72. The van der Waals surface area contributed by atoms with Gasteiger partial charge in [-0.1, -0.05) is 41.9 Å². The Hall–Kier alpha value is -3.45. The van der Waals surface area contributed by atoms with Gasteiger partial charge in [-0.3, -0.25) is 9.78 Å². The predicted molar refractivity (Wildman–Crippen MR) is 111 cm³/mol. The Bertz CT molecular complexity index is 1030. The van der Waals surface area contributed by atoms with Crippen molar-refractivity contribution >= 4 is 34.9 Å². The Morgan fingerprint density at radius 3 is 2.52 bits per heavy atom. The van der Waals surface area contributed by atoms with Gasteiger partial charge < -0.3 is 15.5 Å². The summed E-state index contributed by atoms with van der Waals surface area (Å²) in [4.78, 5) is 30.2. The van der Waals surface area contributed by atoms with Gasteiger partial charge in [0.2, 0.25) is 0 Å². The molecular formula is C21H18ClFN4O2. The van der Waals surface area contributed by atoms with Gasteiger partial charge in [0, 0.05) is 19.8 Å². The molecule has 0 atom stereocenters. The van der Waals surface area contributed by atoms with Gasteiger partial charge >= 0.3 is 6.03 Å². The first-order valence-corrected chi connectivity index (χ1v) is 9.10. The average Bonchev–Trinajstić information content (AvgIpc) is 2.72. The van der Waals surface area contributed by atoms with E-state index in [1.165, 1.54) is 29.3 Å². The second-order valence-electron chi connectivity index (χ2n) is 6.21. The Labute approximate surface area is 172 Å². The fraction of sp³-hybridized carbons (Fsp3) is 0.0952. The molecule has 0 fully saturated rings. The van der Waals surface area contributed by atoms with Crippen molar-refractivity contribution in [3.63, 3.8) is 0 Å². The minimum atomic E-state index is -0.527. The minimum Gasteiger partial charge on any atom is -0.323 e. The van der Waals surface area contributed by atoms with Crippen LogP contribution in [0.1, 0.15) is 16.1 Å². The standard InChI is InChI=1S/C21H18ClFN4O2/c1-27(21(29)25-17-10-3-2-9-16(17)23)13-14-7-6-8-15(22)19(14)26-20(28)18-11-4-5-12-24-18/h2-12H,13H2,1H3,(H,25,29)(H,26,28). The summed E-state index contributed by atoms with van der Waals surface area (Å²) in [5.74, 6) is -0.946. The number of halogens is 2. The van der Waals surface area contributed by atoms with Gasteiger partial charge in [-0.2, -0.15) is 0 Å². The molecule has 29 heavy (non-hydrogen) atoms. The molecule has 2 aromatic carbocycles. The van der Waals surface area contributed by atoms with Gasteiger partial charge in [-0.15, -0.1) is 0 Å². The van der Waals surface area contributed by atoms with Crippen LogP contribution in [-0.2, 0) is 6.54 Å². The molecule has 2 N–H and O–H groups in total. The van der Waals surface area contributed by atoms with Gasteiger partial charge in [0.1, 0.15) is 11.5 Å². The average molecular weight is 413 g/mol. The lowest BCUT2D eigenvalue weighted by Gasteiger charge is -2.21. The first-order chi connectivity index (χ1) is 14.0. The molecule has 0 bridgehead atoms. The predicted octanol–water partition coefficient (Wildman–Crippen LogP) is 4.79. The summed E-state index contributed by atoms with van der Waals surface area (Å²) >= 11 is 6.27. The number of para-hydroxylation sites is 2. The molecule has 148 valence electrons. The Balaban J connectivity index is 1.75. The fourth-order valence-corrected chi connectivity index (χ4v) is 2.86. The third-order valence-corrected chi connectivity index (χ3v) is 4.42. The largest absolute Gasteiger partial charge is 0.323 e. The number of nitrogens with zero attached hydrogens (tertiary/aromatic N) is 2. The van der Waals surface area contributed by atoms with Crippen LogP contribution in [0.5, 0.6) is 0 Å². The highest BCUT2D eigenvalue weighted by Crippen LogP contribution is 2.27. The zero-order valence-electron chi connectivity index (χ0n) is 15.5. The SMILES string of the molecule is CN(Cc1cccc(Cl)c1NC(=O)c1ccccn1)C(=O)Nc1ccccc1F. The van der Waals surface area contributed by atoms with Gasteiger partial charge in [-0.25, -0.2) is 9.18 Å². The van der Waals surface area contributed by atoms with Crippen molar-refractivity contribution in [2.45, 2.75) is 6.54 Å². The zero-order chi connectivity index (χ0) is 20.8. The van der Waals surface area contributed by atoms with Crippen LogP contribution < -0.4 is 10.6 Å². The molecule has 0 saturated heterocycles. The topological polar surface area (TPSA) is 74.3 Å². The summed E-state index contributed by atoms with van der Waals surface area (Å²) in [6.07, 6.45) is 1.52. The Kier molecular flexibility index (Phi) is 6.41. The van der Waals surface area contributed by atoms with E-state index in [1.807, 2.05) is 0 Å². The van der Waals surface area contributed by atoms with Crippen molar-refractivity contribution in [3.8, 4) is 0 Å². The van der Waals surface area contributed by atoms with Crippen LogP contribution in [-0.4, -0.2) is 28.9 Å². The number of pyridine rings is 1. The maximum atomic E-state index is 13.8. The van der Waals surface area contributed by atoms with E-state index in [9.17, 15) is 14.0 Å². The van der Waals surface area contributed by atoms with Crippen LogP contribution in [0, 0.1) is 5.82 Å². The molecule has 0 radical (unpaired) electrons. The molecule has 0 aliphatic rings.